The molecule has 0 saturated heterocycles. The summed E-state index contributed by atoms with van der Waals surface area (Å²) in [5, 5.41) is 18.9. The molecule has 1 unspecified atom stereocenters. The predicted molar refractivity (Wildman–Crippen MR) is 148 cm³/mol. The SMILES string of the molecule is C[Si](C)(C)O[Si](C)(O[Si](C)(C)C)O[Si](CCCCC(O)CO)(O[Si](C)(C)C)O[Si](C)(C)C. The molecule has 194 valence electrons. The molecule has 13 heteroatoms. The second kappa shape index (κ2) is 12.3. The van der Waals surface area contributed by atoms with Gasteiger partial charge in [0.05, 0.1) is 12.7 Å². The molecule has 0 saturated carbocycles. The van der Waals surface area contributed by atoms with Gasteiger partial charge in [0.25, 0.3) is 0 Å². The van der Waals surface area contributed by atoms with E-state index in [0.717, 1.165) is 12.8 Å². The lowest BCUT2D eigenvalue weighted by molar-refractivity contribution is 0.0860. The highest BCUT2D eigenvalue weighted by Gasteiger charge is 2.56. The van der Waals surface area contributed by atoms with Crippen molar-refractivity contribution in [2.24, 2.45) is 0 Å². The number of hydrogen-bond donors (Lipinski definition) is 2. The summed E-state index contributed by atoms with van der Waals surface area (Å²) in [6.07, 6.45) is 1.42. The Bertz CT molecular complexity index is 520. The van der Waals surface area contributed by atoms with E-state index in [4.69, 9.17) is 25.7 Å². The van der Waals surface area contributed by atoms with Crippen molar-refractivity contribution in [2.45, 2.75) is 117 Å². The lowest BCUT2D eigenvalue weighted by Gasteiger charge is -2.46. The molecule has 0 rings (SSSR count). The molecule has 0 aliphatic carbocycles. The molecule has 1 atom stereocenters. The summed E-state index contributed by atoms with van der Waals surface area (Å²) in [6.45, 7) is 27.8. The Morgan fingerprint density at radius 3 is 1.25 bits per heavy atom. The van der Waals surface area contributed by atoms with E-state index in [0.29, 0.717) is 12.5 Å². The Morgan fingerprint density at radius 1 is 0.562 bits per heavy atom. The third kappa shape index (κ3) is 16.6. The topological polar surface area (TPSA) is 86.6 Å². The van der Waals surface area contributed by atoms with Crippen LogP contribution in [0.3, 0.4) is 0 Å². The maximum absolute atomic E-state index is 9.76. The summed E-state index contributed by atoms with van der Waals surface area (Å²) in [7, 11) is -14.2. The minimum atomic E-state index is -3.15. The Labute approximate surface area is 204 Å². The highest BCUT2D eigenvalue weighted by Crippen LogP contribution is 2.33. The Morgan fingerprint density at radius 2 is 0.938 bits per heavy atom. The molecule has 0 aliphatic heterocycles. The zero-order valence-corrected chi connectivity index (χ0v) is 29.0. The average molecular weight is 561 g/mol. The van der Waals surface area contributed by atoms with E-state index in [-0.39, 0.29) is 6.61 Å². The van der Waals surface area contributed by atoms with Crippen LogP contribution in [0.1, 0.15) is 19.3 Å². The van der Waals surface area contributed by atoms with E-state index < -0.39 is 57.0 Å². The first-order valence-corrected chi connectivity index (χ1v) is 29.6. The Kier molecular flexibility index (Phi) is 12.7. The minimum Gasteiger partial charge on any atom is -0.417 e. The van der Waals surface area contributed by atoms with Crippen molar-refractivity contribution in [3.63, 3.8) is 0 Å². The zero-order valence-electron chi connectivity index (χ0n) is 23.0. The molecule has 0 radical (unpaired) electrons. The zero-order chi connectivity index (χ0) is 25.6. The van der Waals surface area contributed by atoms with Crippen molar-refractivity contribution >= 4 is 50.9 Å². The quantitative estimate of drug-likeness (QED) is 0.192. The van der Waals surface area contributed by atoms with E-state index in [2.05, 4.69) is 78.6 Å². The molecule has 0 aromatic rings. The lowest BCUT2D eigenvalue weighted by Crippen LogP contribution is -2.66. The van der Waals surface area contributed by atoms with Gasteiger partial charge in [-0.05, 0) is 91.4 Å². The van der Waals surface area contributed by atoms with Crippen LogP contribution in [0.2, 0.25) is 91.2 Å². The molecule has 0 aromatic carbocycles. The molecule has 0 fully saturated rings. The summed E-state index contributed by atoms with van der Waals surface area (Å²) in [5.41, 5.74) is 0. The maximum Gasteiger partial charge on any atom is 0.472 e. The van der Waals surface area contributed by atoms with Crippen LogP contribution in [0.5, 0.6) is 0 Å². The van der Waals surface area contributed by atoms with Crippen LogP contribution in [0.25, 0.3) is 0 Å². The minimum absolute atomic E-state index is 0.213. The molecular weight excluding hydrogens is 509 g/mol. The summed E-state index contributed by atoms with van der Waals surface area (Å²) < 4.78 is 33.9. The van der Waals surface area contributed by atoms with Gasteiger partial charge < -0.3 is 30.8 Å². The van der Waals surface area contributed by atoms with Crippen LogP contribution in [-0.2, 0) is 20.6 Å². The lowest BCUT2D eigenvalue weighted by atomic mass is 10.2. The second-order valence-electron chi connectivity index (χ2n) is 12.6. The largest absolute Gasteiger partial charge is 0.472 e. The van der Waals surface area contributed by atoms with E-state index in [9.17, 15) is 5.11 Å². The molecule has 7 nitrogen and oxygen atoms in total. The molecule has 0 aliphatic rings. The fourth-order valence-corrected chi connectivity index (χ4v) is 27.2. The van der Waals surface area contributed by atoms with Crippen LogP contribution in [-0.4, -0.2) is 73.8 Å². The number of hydrogen-bond acceptors (Lipinski definition) is 7. The van der Waals surface area contributed by atoms with Gasteiger partial charge in [0.1, 0.15) is 0 Å². The van der Waals surface area contributed by atoms with Crippen molar-refractivity contribution in [1.29, 1.82) is 0 Å². The van der Waals surface area contributed by atoms with Gasteiger partial charge in [-0.15, -0.1) is 0 Å². The van der Waals surface area contributed by atoms with Gasteiger partial charge in [-0.1, -0.05) is 6.42 Å². The first kappa shape index (κ1) is 33.0. The smallest absolute Gasteiger partial charge is 0.417 e. The van der Waals surface area contributed by atoms with Gasteiger partial charge >= 0.3 is 17.6 Å². The molecular formula is C19H52O7Si6. The van der Waals surface area contributed by atoms with Gasteiger partial charge in [0, 0.05) is 12.6 Å². The van der Waals surface area contributed by atoms with E-state index in [1.807, 2.05) is 6.55 Å². The first-order valence-electron chi connectivity index (χ1n) is 11.8. The highest BCUT2D eigenvalue weighted by molar-refractivity contribution is 6.92. The van der Waals surface area contributed by atoms with Crippen LogP contribution in [0.4, 0.5) is 0 Å². The predicted octanol–water partition coefficient (Wildman–Crippen LogP) is 5.44. The summed E-state index contributed by atoms with van der Waals surface area (Å²) in [5.74, 6) is 0. The molecule has 0 aromatic heterocycles. The standard InChI is InChI=1S/C19H52O7Si6/c1-27(2,3)22-31(13,23-28(4,5)6)26-32(24-29(7,8)9,25-30(10,11)12)17-15-14-16-19(21)18-20/h19-21H,14-18H2,1-13H3. The van der Waals surface area contributed by atoms with Crippen molar-refractivity contribution < 1.29 is 30.8 Å². The third-order valence-electron chi connectivity index (χ3n) is 3.73. The Balaban J connectivity index is 6.17. The maximum atomic E-state index is 9.76. The van der Waals surface area contributed by atoms with Gasteiger partial charge in [-0.25, -0.2) is 0 Å². The normalized spacial score (nSPS) is 15.8. The van der Waals surface area contributed by atoms with Gasteiger partial charge in [0.2, 0.25) is 0 Å². The van der Waals surface area contributed by atoms with Gasteiger partial charge in [0.15, 0.2) is 33.3 Å². The fourth-order valence-electron chi connectivity index (χ4n) is 3.42. The number of rotatable bonds is 16. The number of aliphatic hydroxyl groups is 2. The van der Waals surface area contributed by atoms with E-state index in [1.165, 1.54) is 0 Å². The Hall–Kier alpha value is 1.02. The summed E-state index contributed by atoms with van der Waals surface area (Å²) in [4.78, 5) is 0. The monoisotopic (exact) mass is 560 g/mol. The van der Waals surface area contributed by atoms with Crippen LogP contribution in [0.15, 0.2) is 0 Å². The summed E-state index contributed by atoms with van der Waals surface area (Å²) in [6, 6.07) is 0.659. The number of unbranched alkanes of at least 4 members (excludes halogenated alkanes) is 1. The van der Waals surface area contributed by atoms with Crippen molar-refractivity contribution in [3.05, 3.63) is 0 Å². The van der Waals surface area contributed by atoms with E-state index in [1.54, 1.807) is 0 Å². The van der Waals surface area contributed by atoms with Crippen molar-refractivity contribution in [2.75, 3.05) is 6.61 Å². The molecule has 0 bridgehead atoms. The second-order valence-corrected chi connectivity index (χ2v) is 37.2. The number of aliphatic hydroxyl groups excluding tert-OH is 2. The molecule has 32 heavy (non-hydrogen) atoms. The third-order valence-corrected chi connectivity index (χ3v) is 22.7. The molecule has 0 spiro atoms. The van der Waals surface area contributed by atoms with Crippen molar-refractivity contribution in [3.8, 4) is 0 Å². The van der Waals surface area contributed by atoms with Gasteiger partial charge in [-0.3, -0.25) is 0 Å². The highest BCUT2D eigenvalue weighted by atomic mass is 28.5. The van der Waals surface area contributed by atoms with E-state index >= 15 is 0 Å². The van der Waals surface area contributed by atoms with Crippen LogP contribution >= 0.6 is 0 Å². The van der Waals surface area contributed by atoms with Crippen molar-refractivity contribution in [1.82, 2.24) is 0 Å². The molecule has 2 N–H and O–H groups in total. The first-order chi connectivity index (χ1) is 14.0. The average Bonchev–Trinajstić information content (AvgIpc) is 2.42. The molecule has 0 heterocycles. The molecule has 0 amide bonds. The van der Waals surface area contributed by atoms with Gasteiger partial charge in [-0.2, -0.15) is 0 Å². The van der Waals surface area contributed by atoms with Crippen LogP contribution < -0.4 is 0 Å². The van der Waals surface area contributed by atoms with Crippen LogP contribution in [0, 0.1) is 0 Å². The summed E-state index contributed by atoms with van der Waals surface area (Å²) >= 11 is 0. The fraction of sp³-hybridized carbons (Fsp3) is 1.00.